The predicted molar refractivity (Wildman–Crippen MR) is 112 cm³/mol. The van der Waals surface area contributed by atoms with Gasteiger partial charge in [0.2, 0.25) is 0 Å². The van der Waals surface area contributed by atoms with Crippen LogP contribution in [0.2, 0.25) is 0 Å². The second-order valence-corrected chi connectivity index (χ2v) is 6.43. The Morgan fingerprint density at radius 2 is 1.73 bits per heavy atom. The number of amides is 1. The fraction of sp³-hybridized carbons (Fsp3) is 0.261. The molecular formula is C23H24N2O5. The van der Waals surface area contributed by atoms with Crippen molar-refractivity contribution >= 4 is 18.1 Å². The number of benzene rings is 2. The standard InChI is InChI=1S/C23H24N2O5/c1-3-19-14-24-22(30-19)25(15-21(26)28-4-2)23(27)29-16-18-12-8-9-13-20(18)17-10-6-5-7-11-17/h5-14H,3-4,15-16H2,1-2H3. The third kappa shape index (κ3) is 5.26. The van der Waals surface area contributed by atoms with Gasteiger partial charge in [0.05, 0.1) is 12.8 Å². The lowest BCUT2D eigenvalue weighted by Gasteiger charge is -2.18. The number of esters is 1. The molecule has 0 atom stereocenters. The van der Waals surface area contributed by atoms with Crippen molar-refractivity contribution in [1.82, 2.24) is 4.98 Å². The van der Waals surface area contributed by atoms with E-state index in [1.165, 1.54) is 6.20 Å². The van der Waals surface area contributed by atoms with Crippen molar-refractivity contribution < 1.29 is 23.5 Å². The van der Waals surface area contributed by atoms with Gasteiger partial charge in [-0.2, -0.15) is 0 Å². The topological polar surface area (TPSA) is 81.9 Å². The quantitative estimate of drug-likeness (QED) is 0.506. The van der Waals surface area contributed by atoms with E-state index in [4.69, 9.17) is 13.9 Å². The molecule has 7 nitrogen and oxygen atoms in total. The van der Waals surface area contributed by atoms with Crippen LogP contribution in [0.3, 0.4) is 0 Å². The smallest absolute Gasteiger partial charge is 0.418 e. The van der Waals surface area contributed by atoms with E-state index in [1.807, 2.05) is 61.5 Å². The summed E-state index contributed by atoms with van der Waals surface area (Å²) in [6.07, 6.45) is 1.39. The second kappa shape index (κ2) is 10.2. The average Bonchev–Trinajstić information content (AvgIpc) is 3.26. The van der Waals surface area contributed by atoms with E-state index in [0.717, 1.165) is 21.6 Å². The molecule has 3 rings (SSSR count). The molecule has 0 radical (unpaired) electrons. The van der Waals surface area contributed by atoms with Crippen LogP contribution in [0, 0.1) is 0 Å². The molecule has 0 fully saturated rings. The number of hydrogen-bond donors (Lipinski definition) is 0. The average molecular weight is 408 g/mol. The Morgan fingerprint density at radius 3 is 2.43 bits per heavy atom. The molecule has 0 aliphatic heterocycles. The Balaban J connectivity index is 1.77. The van der Waals surface area contributed by atoms with Crippen LogP contribution < -0.4 is 4.90 Å². The molecule has 0 spiro atoms. The summed E-state index contributed by atoms with van der Waals surface area (Å²) in [6.45, 7) is 3.49. The highest BCUT2D eigenvalue weighted by Crippen LogP contribution is 2.24. The van der Waals surface area contributed by atoms with E-state index >= 15 is 0 Å². The molecule has 0 bridgehead atoms. The number of rotatable bonds is 8. The van der Waals surface area contributed by atoms with E-state index in [1.54, 1.807) is 6.92 Å². The van der Waals surface area contributed by atoms with Gasteiger partial charge in [-0.1, -0.05) is 61.5 Å². The van der Waals surface area contributed by atoms with Gasteiger partial charge in [-0.3, -0.25) is 4.79 Å². The third-order valence-electron chi connectivity index (χ3n) is 4.39. The minimum absolute atomic E-state index is 0.00116. The van der Waals surface area contributed by atoms with E-state index in [0.29, 0.717) is 12.2 Å². The van der Waals surface area contributed by atoms with Crippen LogP contribution in [0.1, 0.15) is 25.2 Å². The summed E-state index contributed by atoms with van der Waals surface area (Å²) >= 11 is 0. The molecule has 1 aromatic heterocycles. The van der Waals surface area contributed by atoms with Gasteiger partial charge in [0, 0.05) is 6.42 Å². The number of carbonyl (C=O) groups excluding carboxylic acids is 2. The van der Waals surface area contributed by atoms with Crippen LogP contribution in [0.5, 0.6) is 0 Å². The first kappa shape index (κ1) is 21.1. The normalized spacial score (nSPS) is 10.5. The van der Waals surface area contributed by atoms with Gasteiger partial charge in [0.15, 0.2) is 0 Å². The lowest BCUT2D eigenvalue weighted by Crippen LogP contribution is -2.37. The van der Waals surface area contributed by atoms with Crippen LogP contribution in [0.15, 0.2) is 65.2 Å². The minimum Gasteiger partial charge on any atom is -0.465 e. The van der Waals surface area contributed by atoms with Gasteiger partial charge in [-0.15, -0.1) is 0 Å². The second-order valence-electron chi connectivity index (χ2n) is 6.43. The summed E-state index contributed by atoms with van der Waals surface area (Å²) in [5.41, 5.74) is 2.83. The number of oxazole rings is 1. The number of carbonyl (C=O) groups is 2. The van der Waals surface area contributed by atoms with Crippen LogP contribution in [-0.4, -0.2) is 30.2 Å². The van der Waals surface area contributed by atoms with Gasteiger partial charge < -0.3 is 13.9 Å². The Kier molecular flexibility index (Phi) is 7.21. The maximum absolute atomic E-state index is 12.8. The molecule has 0 aliphatic rings. The number of anilines is 1. The number of ether oxygens (including phenoxy) is 2. The summed E-state index contributed by atoms with van der Waals surface area (Å²) in [5.74, 6) is 0.0245. The number of nitrogens with zero attached hydrogens (tertiary/aromatic N) is 2. The maximum atomic E-state index is 12.8. The van der Waals surface area contributed by atoms with Gasteiger partial charge in [0.25, 0.3) is 0 Å². The summed E-state index contributed by atoms with van der Waals surface area (Å²) in [5, 5.41) is 0. The zero-order chi connectivity index (χ0) is 21.3. The Bertz CT molecular complexity index is 984. The molecule has 1 heterocycles. The largest absolute Gasteiger partial charge is 0.465 e. The van der Waals surface area contributed by atoms with E-state index in [9.17, 15) is 9.59 Å². The molecule has 2 aromatic carbocycles. The van der Waals surface area contributed by atoms with Crippen molar-refractivity contribution in [2.75, 3.05) is 18.1 Å². The fourth-order valence-electron chi connectivity index (χ4n) is 2.89. The van der Waals surface area contributed by atoms with Crippen molar-refractivity contribution in [3.63, 3.8) is 0 Å². The van der Waals surface area contributed by atoms with Crippen LogP contribution in [-0.2, 0) is 27.3 Å². The SMILES string of the molecule is CCOC(=O)CN(C(=O)OCc1ccccc1-c1ccccc1)c1ncc(CC)o1. The number of aryl methyl sites for hydroxylation is 1. The van der Waals surface area contributed by atoms with Crippen molar-refractivity contribution in [2.24, 2.45) is 0 Å². The monoisotopic (exact) mass is 408 g/mol. The van der Waals surface area contributed by atoms with E-state index < -0.39 is 12.1 Å². The van der Waals surface area contributed by atoms with Crippen molar-refractivity contribution in [3.05, 3.63) is 72.1 Å². The third-order valence-corrected chi connectivity index (χ3v) is 4.39. The highest BCUT2D eigenvalue weighted by molar-refractivity contribution is 5.91. The summed E-state index contributed by atoms with van der Waals surface area (Å²) in [6, 6.07) is 17.5. The van der Waals surface area contributed by atoms with Crippen LogP contribution in [0.4, 0.5) is 10.8 Å². The number of hydrogen-bond acceptors (Lipinski definition) is 6. The Hall–Kier alpha value is -3.61. The van der Waals surface area contributed by atoms with Gasteiger partial charge in [0.1, 0.15) is 18.9 Å². The summed E-state index contributed by atoms with van der Waals surface area (Å²) < 4.78 is 16.0. The molecule has 3 aromatic rings. The van der Waals surface area contributed by atoms with Crippen molar-refractivity contribution in [1.29, 1.82) is 0 Å². The number of aromatic nitrogens is 1. The molecule has 0 unspecified atom stereocenters. The lowest BCUT2D eigenvalue weighted by molar-refractivity contribution is -0.141. The fourth-order valence-corrected chi connectivity index (χ4v) is 2.89. The Morgan fingerprint density at radius 1 is 1.00 bits per heavy atom. The minimum atomic E-state index is -0.740. The highest BCUT2D eigenvalue weighted by Gasteiger charge is 2.26. The Labute approximate surface area is 175 Å². The first-order valence-corrected chi connectivity index (χ1v) is 9.80. The predicted octanol–water partition coefficient (Wildman–Crippen LogP) is 4.61. The molecular weight excluding hydrogens is 384 g/mol. The van der Waals surface area contributed by atoms with Crippen LogP contribution in [0.25, 0.3) is 11.1 Å². The molecule has 7 heteroatoms. The zero-order valence-corrected chi connectivity index (χ0v) is 17.0. The molecule has 30 heavy (non-hydrogen) atoms. The van der Waals surface area contributed by atoms with Gasteiger partial charge >= 0.3 is 18.1 Å². The van der Waals surface area contributed by atoms with Crippen molar-refractivity contribution in [3.8, 4) is 11.1 Å². The first-order chi connectivity index (χ1) is 14.6. The highest BCUT2D eigenvalue weighted by atomic mass is 16.6. The molecule has 1 amide bonds. The first-order valence-electron chi connectivity index (χ1n) is 9.80. The van der Waals surface area contributed by atoms with Gasteiger partial charge in [-0.05, 0) is 23.6 Å². The molecule has 0 N–H and O–H groups in total. The lowest BCUT2D eigenvalue weighted by atomic mass is 10.0. The molecule has 0 saturated carbocycles. The maximum Gasteiger partial charge on any atom is 0.418 e. The summed E-state index contributed by atoms with van der Waals surface area (Å²) in [7, 11) is 0. The summed E-state index contributed by atoms with van der Waals surface area (Å²) in [4.78, 5) is 29.9. The van der Waals surface area contributed by atoms with Gasteiger partial charge in [-0.25, -0.2) is 14.7 Å². The van der Waals surface area contributed by atoms with E-state index in [2.05, 4.69) is 4.98 Å². The van der Waals surface area contributed by atoms with Crippen molar-refractivity contribution in [2.45, 2.75) is 26.9 Å². The van der Waals surface area contributed by atoms with Crippen LogP contribution >= 0.6 is 0 Å². The molecule has 0 saturated heterocycles. The van der Waals surface area contributed by atoms with E-state index in [-0.39, 0.29) is 25.8 Å². The molecule has 156 valence electrons. The molecule has 0 aliphatic carbocycles. The zero-order valence-electron chi connectivity index (χ0n) is 17.0.